The lowest BCUT2D eigenvalue weighted by molar-refractivity contribution is -0.144. The van der Waals surface area contributed by atoms with Gasteiger partial charge in [0, 0.05) is 6.20 Å². The number of rotatable bonds is 5. The Morgan fingerprint density at radius 3 is 2.10 bits per heavy atom. The van der Waals surface area contributed by atoms with Crippen LogP contribution in [0.5, 0.6) is 0 Å². The number of carbonyl (C=O) groups is 2. The maximum Gasteiger partial charge on any atom is 0.325 e. The molecule has 12 heteroatoms. The number of nitrogens with one attached hydrogen (secondary N) is 1. The molecule has 0 aliphatic carbocycles. The van der Waals surface area contributed by atoms with Gasteiger partial charge in [0.25, 0.3) is 0 Å². The van der Waals surface area contributed by atoms with Crippen molar-refractivity contribution in [2.45, 2.75) is 20.4 Å². The molecule has 0 aromatic carbocycles. The molecule has 0 spiro atoms. The van der Waals surface area contributed by atoms with Crippen molar-refractivity contribution in [1.29, 1.82) is 5.41 Å². The fraction of sp³-hybridized carbons (Fsp3) is 0.333. The number of halogens is 4. The van der Waals surface area contributed by atoms with Crippen molar-refractivity contribution >= 4 is 50.7 Å². The van der Waals surface area contributed by atoms with E-state index in [-0.39, 0.29) is 47.4 Å². The highest BCUT2D eigenvalue weighted by Gasteiger charge is 2.03. The average molecular weight is 558 g/mol. The number of pyridine rings is 2. The van der Waals surface area contributed by atoms with E-state index in [0.717, 1.165) is 12.4 Å². The van der Waals surface area contributed by atoms with Gasteiger partial charge in [-0.25, -0.2) is 13.8 Å². The number of nitrogen functional groups attached to an aromatic ring is 1. The van der Waals surface area contributed by atoms with E-state index in [9.17, 15) is 18.4 Å². The van der Waals surface area contributed by atoms with Crippen molar-refractivity contribution in [3.63, 3.8) is 0 Å². The van der Waals surface area contributed by atoms with Crippen molar-refractivity contribution in [2.75, 3.05) is 24.3 Å². The number of hydrogen-bond acceptors (Lipinski definition) is 7. The Morgan fingerprint density at radius 2 is 1.67 bits per heavy atom. The van der Waals surface area contributed by atoms with Gasteiger partial charge in [-0.2, -0.15) is 0 Å². The molecule has 0 saturated carbocycles. The van der Waals surface area contributed by atoms with Gasteiger partial charge in [-0.15, -0.1) is 17.0 Å². The molecule has 0 atom stereocenters. The van der Waals surface area contributed by atoms with Crippen molar-refractivity contribution in [1.82, 2.24) is 9.55 Å². The molecule has 3 N–H and O–H groups in total. The van der Waals surface area contributed by atoms with Crippen molar-refractivity contribution in [2.24, 2.45) is 0 Å². The van der Waals surface area contributed by atoms with Crippen LogP contribution < -0.4 is 11.2 Å². The number of carbonyl (C=O) groups excluding carboxylic acids is 2. The van der Waals surface area contributed by atoms with Gasteiger partial charge in [-0.3, -0.25) is 15.0 Å². The molecule has 168 valence electrons. The Balaban J connectivity index is 0. The number of ether oxygens (including phenoxy) is 2. The fourth-order valence-corrected chi connectivity index (χ4v) is 1.74. The van der Waals surface area contributed by atoms with E-state index < -0.39 is 11.8 Å². The van der Waals surface area contributed by atoms with Crippen LogP contribution in [0.2, 0.25) is 0 Å². The van der Waals surface area contributed by atoms with Crippen LogP contribution in [0.4, 0.5) is 14.6 Å². The SMILES string of the molecule is Br.CCOC(=O)CBr.CCOC(=O)Cn1cc(F)ccc1=N.Nc1ccc(F)cn1. The molecule has 2 aromatic rings. The van der Waals surface area contributed by atoms with Crippen LogP contribution in [0.3, 0.4) is 0 Å². The van der Waals surface area contributed by atoms with E-state index in [2.05, 4.69) is 30.4 Å². The second-order valence-corrected chi connectivity index (χ2v) is 5.57. The number of nitrogens with zero attached hydrogens (tertiary/aromatic N) is 2. The molecule has 0 bridgehead atoms. The summed E-state index contributed by atoms with van der Waals surface area (Å²) in [5.41, 5.74) is 5.22. The quantitative estimate of drug-likeness (QED) is 0.431. The Hall–Kier alpha value is -2.34. The van der Waals surface area contributed by atoms with E-state index in [4.69, 9.17) is 11.1 Å². The molecule has 0 aliphatic rings. The monoisotopic (exact) mass is 556 g/mol. The van der Waals surface area contributed by atoms with E-state index in [0.29, 0.717) is 17.8 Å². The largest absolute Gasteiger partial charge is 0.465 e. The summed E-state index contributed by atoms with van der Waals surface area (Å²) in [6.45, 7) is 4.08. The van der Waals surface area contributed by atoms with Gasteiger partial charge in [0.2, 0.25) is 0 Å². The molecule has 0 amide bonds. The van der Waals surface area contributed by atoms with Crippen LogP contribution in [0.25, 0.3) is 0 Å². The number of esters is 2. The van der Waals surface area contributed by atoms with Gasteiger partial charge >= 0.3 is 11.9 Å². The van der Waals surface area contributed by atoms with Gasteiger partial charge < -0.3 is 19.8 Å². The smallest absolute Gasteiger partial charge is 0.325 e. The molecule has 0 aliphatic heterocycles. The highest BCUT2D eigenvalue weighted by Crippen LogP contribution is 1.96. The maximum absolute atomic E-state index is 12.7. The molecule has 2 aromatic heterocycles. The standard InChI is InChI=1S/C9H11FN2O2.C5H5FN2.C4H7BrO2.BrH/c1-2-14-9(13)6-12-5-7(10)3-4-8(12)11;6-4-1-2-5(7)8-3-4;1-2-7-4(6)3-5;/h3-5,11H,2,6H2,1H3;1-3H,(H2,7,8);2-3H2,1H3;1H. The molecule has 8 nitrogen and oxygen atoms in total. The maximum atomic E-state index is 12.7. The van der Waals surface area contributed by atoms with E-state index in [1.807, 2.05) is 0 Å². The lowest BCUT2D eigenvalue weighted by atomic mass is 10.4. The number of nitrogens with two attached hydrogens (primary N) is 1. The number of alkyl halides is 1. The van der Waals surface area contributed by atoms with Gasteiger partial charge in [0.15, 0.2) is 0 Å². The second kappa shape index (κ2) is 17.5. The third kappa shape index (κ3) is 14.6. The molecular formula is C18H24Br2F2N4O4. The summed E-state index contributed by atoms with van der Waals surface area (Å²) >= 11 is 2.94. The van der Waals surface area contributed by atoms with E-state index in [1.54, 1.807) is 13.8 Å². The van der Waals surface area contributed by atoms with Gasteiger partial charge in [-0.05, 0) is 38.1 Å². The number of anilines is 1. The predicted octanol–water partition coefficient (Wildman–Crippen LogP) is 2.99. The summed E-state index contributed by atoms with van der Waals surface area (Å²) in [4.78, 5) is 24.7. The molecule has 2 heterocycles. The number of aromatic nitrogens is 2. The van der Waals surface area contributed by atoms with Crippen molar-refractivity contribution in [3.8, 4) is 0 Å². The first kappa shape index (κ1) is 29.9. The summed E-state index contributed by atoms with van der Waals surface area (Å²) in [5.74, 6) is -1.19. The van der Waals surface area contributed by atoms with Gasteiger partial charge in [0.05, 0.1) is 19.4 Å². The summed E-state index contributed by atoms with van der Waals surface area (Å²) in [6.07, 6.45) is 2.18. The van der Waals surface area contributed by atoms with E-state index >= 15 is 0 Å². The highest BCUT2D eigenvalue weighted by molar-refractivity contribution is 9.09. The highest BCUT2D eigenvalue weighted by atomic mass is 79.9. The lowest BCUT2D eigenvalue weighted by Crippen LogP contribution is -2.24. The molecule has 2 rings (SSSR count). The van der Waals surface area contributed by atoms with Crippen LogP contribution in [0.15, 0.2) is 36.7 Å². The zero-order chi connectivity index (χ0) is 22.2. The number of hydrogen-bond donors (Lipinski definition) is 2. The van der Waals surface area contributed by atoms with Crippen LogP contribution >= 0.6 is 32.9 Å². The van der Waals surface area contributed by atoms with Gasteiger partial charge in [0.1, 0.15) is 34.8 Å². The third-order valence-electron chi connectivity index (χ3n) is 2.76. The zero-order valence-electron chi connectivity index (χ0n) is 16.4. The summed E-state index contributed by atoms with van der Waals surface area (Å²) in [5, 5.41) is 7.67. The minimum Gasteiger partial charge on any atom is -0.465 e. The lowest BCUT2D eigenvalue weighted by Gasteiger charge is -2.05. The average Bonchev–Trinajstić information content (AvgIpc) is 2.68. The Bertz CT molecular complexity index is 800. The summed E-state index contributed by atoms with van der Waals surface area (Å²) in [6, 6.07) is 5.14. The first-order valence-corrected chi connectivity index (χ1v) is 9.50. The predicted molar refractivity (Wildman–Crippen MR) is 116 cm³/mol. The second-order valence-electron chi connectivity index (χ2n) is 5.01. The summed E-state index contributed by atoms with van der Waals surface area (Å²) in [7, 11) is 0. The normalized spacial score (nSPS) is 8.97. The Morgan fingerprint density at radius 1 is 1.10 bits per heavy atom. The van der Waals surface area contributed by atoms with Gasteiger partial charge in [-0.1, -0.05) is 15.9 Å². The summed E-state index contributed by atoms with van der Waals surface area (Å²) < 4.78 is 35.1. The molecule has 0 radical (unpaired) electrons. The van der Waals surface area contributed by atoms with Crippen LogP contribution in [0, 0.1) is 17.0 Å². The van der Waals surface area contributed by atoms with E-state index in [1.165, 1.54) is 28.8 Å². The minimum atomic E-state index is -0.481. The van der Waals surface area contributed by atoms with Crippen LogP contribution in [0.1, 0.15) is 13.8 Å². The molecule has 0 saturated heterocycles. The molecule has 0 fully saturated rings. The van der Waals surface area contributed by atoms with Crippen LogP contribution in [-0.4, -0.2) is 40.0 Å². The molecule has 30 heavy (non-hydrogen) atoms. The first-order chi connectivity index (χ1) is 13.7. The molecular weight excluding hydrogens is 534 g/mol. The topological polar surface area (TPSA) is 120 Å². The molecule has 0 unspecified atom stereocenters. The van der Waals surface area contributed by atoms with Crippen molar-refractivity contribution in [3.05, 3.63) is 53.8 Å². The fourth-order valence-electron chi connectivity index (χ4n) is 1.58. The third-order valence-corrected chi connectivity index (χ3v) is 3.22. The Labute approximate surface area is 191 Å². The Kier molecular flexibility index (Phi) is 17.4. The minimum absolute atomic E-state index is 0. The van der Waals surface area contributed by atoms with Crippen LogP contribution in [-0.2, 0) is 25.6 Å². The zero-order valence-corrected chi connectivity index (χ0v) is 19.7. The van der Waals surface area contributed by atoms with Crippen molar-refractivity contribution < 1.29 is 27.8 Å². The first-order valence-electron chi connectivity index (χ1n) is 8.38.